The van der Waals surface area contributed by atoms with E-state index in [1.54, 1.807) is 0 Å². The SMILES string of the molecule is I.NC(=NCCN1CCC1)NC1CCCC1. The summed E-state index contributed by atoms with van der Waals surface area (Å²) < 4.78 is 0. The quantitative estimate of drug-likeness (QED) is 0.460. The molecule has 16 heavy (non-hydrogen) atoms. The minimum absolute atomic E-state index is 0. The number of halogens is 1. The average molecular weight is 338 g/mol. The number of aliphatic imine (C=N–C) groups is 1. The summed E-state index contributed by atoms with van der Waals surface area (Å²) in [5.41, 5.74) is 5.82. The van der Waals surface area contributed by atoms with Crippen molar-refractivity contribution in [1.82, 2.24) is 10.2 Å². The van der Waals surface area contributed by atoms with Gasteiger partial charge in [-0.05, 0) is 32.4 Å². The van der Waals surface area contributed by atoms with E-state index in [1.807, 2.05) is 0 Å². The van der Waals surface area contributed by atoms with Crippen LogP contribution in [0.2, 0.25) is 0 Å². The zero-order valence-corrected chi connectivity index (χ0v) is 12.2. The van der Waals surface area contributed by atoms with E-state index >= 15 is 0 Å². The molecule has 0 unspecified atom stereocenters. The molecular weight excluding hydrogens is 315 g/mol. The zero-order valence-electron chi connectivity index (χ0n) is 9.82. The topological polar surface area (TPSA) is 53.6 Å². The second-order valence-electron chi connectivity index (χ2n) is 4.59. The zero-order chi connectivity index (χ0) is 10.5. The van der Waals surface area contributed by atoms with Gasteiger partial charge in [0.25, 0.3) is 0 Å². The van der Waals surface area contributed by atoms with E-state index in [2.05, 4.69) is 15.2 Å². The van der Waals surface area contributed by atoms with Gasteiger partial charge in [0.2, 0.25) is 0 Å². The molecule has 2 aliphatic rings. The molecule has 1 aliphatic carbocycles. The fraction of sp³-hybridized carbons (Fsp3) is 0.909. The Morgan fingerprint density at radius 1 is 1.25 bits per heavy atom. The van der Waals surface area contributed by atoms with Gasteiger partial charge in [0.05, 0.1) is 6.54 Å². The fourth-order valence-electron chi connectivity index (χ4n) is 2.24. The van der Waals surface area contributed by atoms with Gasteiger partial charge in [0.1, 0.15) is 0 Å². The second kappa shape index (κ2) is 7.32. The van der Waals surface area contributed by atoms with Crippen LogP contribution in [0.1, 0.15) is 32.1 Å². The first kappa shape index (κ1) is 14.0. The largest absolute Gasteiger partial charge is 0.370 e. The number of hydrogen-bond donors (Lipinski definition) is 2. The van der Waals surface area contributed by atoms with Crippen molar-refractivity contribution in [3.8, 4) is 0 Å². The monoisotopic (exact) mass is 338 g/mol. The first-order valence-corrected chi connectivity index (χ1v) is 6.13. The molecular formula is C11H23IN4. The Balaban J connectivity index is 0.00000128. The Morgan fingerprint density at radius 3 is 2.50 bits per heavy atom. The predicted molar refractivity (Wildman–Crippen MR) is 78.4 cm³/mol. The van der Waals surface area contributed by atoms with Crippen molar-refractivity contribution in [2.24, 2.45) is 10.7 Å². The van der Waals surface area contributed by atoms with E-state index in [9.17, 15) is 0 Å². The lowest BCUT2D eigenvalue weighted by molar-refractivity contribution is 0.187. The maximum absolute atomic E-state index is 5.82. The molecule has 0 radical (unpaired) electrons. The highest BCUT2D eigenvalue weighted by Crippen LogP contribution is 2.17. The highest BCUT2D eigenvalue weighted by Gasteiger charge is 2.15. The van der Waals surface area contributed by atoms with Gasteiger partial charge in [-0.2, -0.15) is 0 Å². The first-order chi connectivity index (χ1) is 7.34. The van der Waals surface area contributed by atoms with Crippen molar-refractivity contribution in [2.45, 2.75) is 38.1 Å². The summed E-state index contributed by atoms with van der Waals surface area (Å²) in [6.45, 7) is 4.38. The molecule has 0 aromatic heterocycles. The number of hydrogen-bond acceptors (Lipinski definition) is 2. The van der Waals surface area contributed by atoms with Crippen molar-refractivity contribution in [3.63, 3.8) is 0 Å². The molecule has 0 spiro atoms. The molecule has 94 valence electrons. The van der Waals surface area contributed by atoms with E-state index < -0.39 is 0 Å². The highest BCUT2D eigenvalue weighted by molar-refractivity contribution is 14.0. The van der Waals surface area contributed by atoms with E-state index in [0.29, 0.717) is 12.0 Å². The molecule has 3 N–H and O–H groups in total. The van der Waals surface area contributed by atoms with E-state index in [0.717, 1.165) is 13.1 Å². The average Bonchev–Trinajstić information content (AvgIpc) is 2.62. The summed E-state index contributed by atoms with van der Waals surface area (Å²) in [4.78, 5) is 6.76. The fourth-order valence-corrected chi connectivity index (χ4v) is 2.24. The van der Waals surface area contributed by atoms with E-state index in [4.69, 9.17) is 5.73 Å². The molecule has 2 rings (SSSR count). The normalized spacial score (nSPS) is 22.6. The van der Waals surface area contributed by atoms with Gasteiger partial charge in [-0.3, -0.25) is 4.99 Å². The molecule has 0 bridgehead atoms. The maximum Gasteiger partial charge on any atom is 0.188 e. The lowest BCUT2D eigenvalue weighted by atomic mass is 10.2. The summed E-state index contributed by atoms with van der Waals surface area (Å²) in [6.07, 6.45) is 6.52. The summed E-state index contributed by atoms with van der Waals surface area (Å²) in [7, 11) is 0. The number of rotatable bonds is 4. The maximum atomic E-state index is 5.82. The van der Waals surface area contributed by atoms with Crippen molar-refractivity contribution >= 4 is 29.9 Å². The van der Waals surface area contributed by atoms with Crippen LogP contribution >= 0.6 is 24.0 Å². The Hall–Kier alpha value is -0.0400. The molecule has 0 aromatic carbocycles. The predicted octanol–water partition coefficient (Wildman–Crippen LogP) is 1.16. The molecule has 1 saturated heterocycles. The minimum Gasteiger partial charge on any atom is -0.370 e. The summed E-state index contributed by atoms with van der Waals surface area (Å²) in [5.74, 6) is 0.641. The third-order valence-electron chi connectivity index (χ3n) is 3.35. The third-order valence-corrected chi connectivity index (χ3v) is 3.35. The number of guanidine groups is 1. The number of nitrogens with two attached hydrogens (primary N) is 1. The minimum atomic E-state index is 0. The van der Waals surface area contributed by atoms with Gasteiger partial charge in [-0.25, -0.2) is 0 Å². The first-order valence-electron chi connectivity index (χ1n) is 6.13. The smallest absolute Gasteiger partial charge is 0.188 e. The van der Waals surface area contributed by atoms with Crippen molar-refractivity contribution in [3.05, 3.63) is 0 Å². The Morgan fingerprint density at radius 2 is 1.94 bits per heavy atom. The van der Waals surface area contributed by atoms with Gasteiger partial charge in [-0.15, -0.1) is 24.0 Å². The molecule has 5 heteroatoms. The molecule has 0 aromatic rings. The lowest BCUT2D eigenvalue weighted by Gasteiger charge is -2.29. The van der Waals surface area contributed by atoms with Gasteiger partial charge < -0.3 is 16.0 Å². The number of likely N-dealkylation sites (tertiary alicyclic amines) is 1. The van der Waals surface area contributed by atoms with E-state index in [-0.39, 0.29) is 24.0 Å². The number of nitrogens with one attached hydrogen (secondary N) is 1. The third kappa shape index (κ3) is 4.45. The van der Waals surface area contributed by atoms with Crippen molar-refractivity contribution in [2.75, 3.05) is 26.2 Å². The molecule has 0 amide bonds. The molecule has 1 heterocycles. The Labute approximate surface area is 115 Å². The van der Waals surface area contributed by atoms with Crippen LogP contribution in [-0.2, 0) is 0 Å². The Kier molecular flexibility index (Phi) is 6.41. The molecule has 1 aliphatic heterocycles. The molecule has 4 nitrogen and oxygen atoms in total. The van der Waals surface area contributed by atoms with Crippen LogP contribution in [0.5, 0.6) is 0 Å². The molecule has 0 atom stereocenters. The highest BCUT2D eigenvalue weighted by atomic mass is 127. The van der Waals surface area contributed by atoms with Gasteiger partial charge in [0, 0.05) is 12.6 Å². The second-order valence-corrected chi connectivity index (χ2v) is 4.59. The van der Waals surface area contributed by atoms with Crippen LogP contribution in [-0.4, -0.2) is 43.1 Å². The standard InChI is InChI=1S/C11H22N4.HI/c12-11(14-10-4-1-2-5-10)13-6-9-15-7-3-8-15;/h10H,1-9H2,(H3,12,13,14);1H. The van der Waals surface area contributed by atoms with Crippen LogP contribution < -0.4 is 11.1 Å². The van der Waals surface area contributed by atoms with Crippen molar-refractivity contribution in [1.29, 1.82) is 0 Å². The van der Waals surface area contributed by atoms with Gasteiger partial charge >= 0.3 is 0 Å². The van der Waals surface area contributed by atoms with Crippen LogP contribution in [0.3, 0.4) is 0 Å². The summed E-state index contributed by atoms with van der Waals surface area (Å²) in [6, 6.07) is 0.581. The van der Waals surface area contributed by atoms with Crippen LogP contribution in [0.4, 0.5) is 0 Å². The van der Waals surface area contributed by atoms with E-state index in [1.165, 1.54) is 45.2 Å². The summed E-state index contributed by atoms with van der Waals surface area (Å²) in [5, 5.41) is 3.30. The van der Waals surface area contributed by atoms with Gasteiger partial charge in [-0.1, -0.05) is 12.8 Å². The molecule has 2 fully saturated rings. The lowest BCUT2D eigenvalue weighted by Crippen LogP contribution is -2.41. The number of nitrogens with zero attached hydrogens (tertiary/aromatic N) is 2. The van der Waals surface area contributed by atoms with Gasteiger partial charge in [0.15, 0.2) is 5.96 Å². The Bertz CT molecular complexity index is 222. The van der Waals surface area contributed by atoms with Crippen LogP contribution in [0, 0.1) is 0 Å². The van der Waals surface area contributed by atoms with Crippen molar-refractivity contribution < 1.29 is 0 Å². The van der Waals surface area contributed by atoms with Crippen LogP contribution in [0.15, 0.2) is 4.99 Å². The van der Waals surface area contributed by atoms with Crippen LogP contribution in [0.25, 0.3) is 0 Å². The summed E-state index contributed by atoms with van der Waals surface area (Å²) >= 11 is 0. The molecule has 1 saturated carbocycles.